The maximum absolute atomic E-state index is 12.4. The fourth-order valence-corrected chi connectivity index (χ4v) is 2.97. The zero-order chi connectivity index (χ0) is 20.5. The van der Waals surface area contributed by atoms with E-state index >= 15 is 0 Å². The van der Waals surface area contributed by atoms with Gasteiger partial charge in [-0.2, -0.15) is 0 Å². The van der Waals surface area contributed by atoms with Crippen LogP contribution in [0.3, 0.4) is 0 Å². The van der Waals surface area contributed by atoms with Crippen LogP contribution in [0.5, 0.6) is 11.5 Å². The molecule has 2 amide bonds. The molecule has 0 aliphatic heterocycles. The second-order valence-corrected chi connectivity index (χ2v) is 6.91. The van der Waals surface area contributed by atoms with E-state index in [2.05, 4.69) is 21.2 Å². The minimum absolute atomic E-state index is 0.0863. The summed E-state index contributed by atoms with van der Waals surface area (Å²) in [6.07, 6.45) is 0. The van der Waals surface area contributed by atoms with Gasteiger partial charge >= 0.3 is 0 Å². The van der Waals surface area contributed by atoms with Crippen molar-refractivity contribution in [3.63, 3.8) is 0 Å². The highest BCUT2D eigenvalue weighted by Gasteiger charge is 2.15. The van der Waals surface area contributed by atoms with Crippen molar-refractivity contribution in [3.8, 4) is 11.5 Å². The van der Waals surface area contributed by atoms with Crippen LogP contribution in [-0.2, 0) is 11.3 Å². The van der Waals surface area contributed by atoms with Gasteiger partial charge in [0.25, 0.3) is 5.91 Å². The van der Waals surface area contributed by atoms with Crippen molar-refractivity contribution in [1.29, 1.82) is 0 Å². The SMILES string of the molecule is CCOc1ccc(C(=O)NCC(=O)N(C)Cc2ccccc2Br)cc1OCC. The van der Waals surface area contributed by atoms with Crippen LogP contribution in [0.4, 0.5) is 0 Å². The van der Waals surface area contributed by atoms with Crippen LogP contribution in [0.15, 0.2) is 46.9 Å². The van der Waals surface area contributed by atoms with Crippen molar-refractivity contribution in [3.05, 3.63) is 58.1 Å². The van der Waals surface area contributed by atoms with Crippen LogP contribution in [0, 0.1) is 0 Å². The topological polar surface area (TPSA) is 67.9 Å². The molecule has 0 fully saturated rings. The molecule has 2 aromatic carbocycles. The summed E-state index contributed by atoms with van der Waals surface area (Å²) in [7, 11) is 1.71. The predicted molar refractivity (Wildman–Crippen MR) is 112 cm³/mol. The Balaban J connectivity index is 1.96. The molecule has 0 saturated heterocycles. The minimum Gasteiger partial charge on any atom is -0.490 e. The molecular weight excluding hydrogens is 424 g/mol. The molecule has 0 radical (unpaired) electrons. The summed E-state index contributed by atoms with van der Waals surface area (Å²) in [6.45, 7) is 5.08. The maximum atomic E-state index is 12.4. The van der Waals surface area contributed by atoms with Gasteiger partial charge in [-0.3, -0.25) is 9.59 Å². The average Bonchev–Trinajstić information content (AvgIpc) is 2.69. The molecule has 1 N–H and O–H groups in total. The van der Waals surface area contributed by atoms with E-state index in [1.54, 1.807) is 30.1 Å². The Morgan fingerprint density at radius 1 is 1.04 bits per heavy atom. The Morgan fingerprint density at radius 3 is 2.39 bits per heavy atom. The third kappa shape index (κ3) is 5.99. The fraction of sp³-hybridized carbons (Fsp3) is 0.333. The first-order chi connectivity index (χ1) is 13.5. The van der Waals surface area contributed by atoms with Crippen molar-refractivity contribution in [1.82, 2.24) is 10.2 Å². The molecule has 150 valence electrons. The Kier molecular flexibility index (Phi) is 8.32. The molecular formula is C21H25BrN2O4. The van der Waals surface area contributed by atoms with Gasteiger partial charge in [0, 0.05) is 23.6 Å². The van der Waals surface area contributed by atoms with Crippen LogP contribution in [0.1, 0.15) is 29.8 Å². The number of halogens is 1. The van der Waals surface area contributed by atoms with E-state index in [1.165, 1.54) is 0 Å². The quantitative estimate of drug-likeness (QED) is 0.635. The second-order valence-electron chi connectivity index (χ2n) is 6.05. The van der Waals surface area contributed by atoms with E-state index in [1.807, 2.05) is 38.1 Å². The lowest BCUT2D eigenvalue weighted by molar-refractivity contribution is -0.129. The van der Waals surface area contributed by atoms with Gasteiger partial charge in [-0.1, -0.05) is 34.1 Å². The van der Waals surface area contributed by atoms with Crippen molar-refractivity contribution in [2.24, 2.45) is 0 Å². The minimum atomic E-state index is -0.341. The van der Waals surface area contributed by atoms with Crippen LogP contribution >= 0.6 is 15.9 Å². The number of carbonyl (C=O) groups excluding carboxylic acids is 2. The number of likely N-dealkylation sites (N-methyl/N-ethyl adjacent to an activating group) is 1. The van der Waals surface area contributed by atoms with Gasteiger partial charge < -0.3 is 19.7 Å². The van der Waals surface area contributed by atoms with E-state index in [9.17, 15) is 9.59 Å². The summed E-state index contributed by atoms with van der Waals surface area (Å²) in [5, 5.41) is 2.66. The lowest BCUT2D eigenvalue weighted by atomic mass is 10.2. The lowest BCUT2D eigenvalue weighted by Gasteiger charge is -2.18. The van der Waals surface area contributed by atoms with Gasteiger partial charge in [0.2, 0.25) is 5.91 Å². The highest BCUT2D eigenvalue weighted by atomic mass is 79.9. The number of ether oxygens (including phenoxy) is 2. The van der Waals surface area contributed by atoms with E-state index < -0.39 is 0 Å². The third-order valence-corrected chi connectivity index (χ3v) is 4.77. The lowest BCUT2D eigenvalue weighted by Crippen LogP contribution is -2.37. The summed E-state index contributed by atoms with van der Waals surface area (Å²) >= 11 is 3.47. The Labute approximate surface area is 174 Å². The summed E-state index contributed by atoms with van der Waals surface area (Å²) < 4.78 is 12.0. The van der Waals surface area contributed by atoms with Crippen molar-refractivity contribution in [2.75, 3.05) is 26.8 Å². The van der Waals surface area contributed by atoms with Crippen LogP contribution in [-0.4, -0.2) is 43.5 Å². The second kappa shape index (κ2) is 10.7. The first kappa shape index (κ1) is 21.8. The normalized spacial score (nSPS) is 10.3. The van der Waals surface area contributed by atoms with Crippen molar-refractivity contribution >= 4 is 27.7 Å². The standard InChI is InChI=1S/C21H25BrN2O4/c1-4-27-18-11-10-15(12-19(18)28-5-2)21(26)23-13-20(25)24(3)14-16-8-6-7-9-17(16)22/h6-12H,4-5,13-14H2,1-3H3,(H,23,26). The summed E-state index contributed by atoms with van der Waals surface area (Å²) in [6, 6.07) is 12.7. The van der Waals surface area contributed by atoms with Crippen LogP contribution < -0.4 is 14.8 Å². The number of hydrogen-bond donors (Lipinski definition) is 1. The zero-order valence-corrected chi connectivity index (χ0v) is 17.9. The molecule has 0 bridgehead atoms. The molecule has 0 aliphatic carbocycles. The highest BCUT2D eigenvalue weighted by molar-refractivity contribution is 9.10. The number of amides is 2. The van der Waals surface area contributed by atoms with Gasteiger partial charge in [-0.15, -0.1) is 0 Å². The number of rotatable bonds is 9. The molecule has 7 heteroatoms. The summed E-state index contributed by atoms with van der Waals surface area (Å²) in [4.78, 5) is 26.4. The van der Waals surface area contributed by atoms with Gasteiger partial charge in [-0.25, -0.2) is 0 Å². The van der Waals surface area contributed by atoms with E-state index in [0.717, 1.165) is 10.0 Å². The van der Waals surface area contributed by atoms with Crippen molar-refractivity contribution in [2.45, 2.75) is 20.4 Å². The molecule has 0 heterocycles. The molecule has 0 aliphatic rings. The molecule has 0 aromatic heterocycles. The number of nitrogens with one attached hydrogen (secondary N) is 1. The largest absolute Gasteiger partial charge is 0.490 e. The third-order valence-electron chi connectivity index (χ3n) is 4.00. The smallest absolute Gasteiger partial charge is 0.251 e. The Morgan fingerprint density at radius 2 is 1.71 bits per heavy atom. The monoisotopic (exact) mass is 448 g/mol. The van der Waals surface area contributed by atoms with E-state index in [4.69, 9.17) is 9.47 Å². The number of nitrogens with zero attached hydrogens (tertiary/aromatic N) is 1. The van der Waals surface area contributed by atoms with Gasteiger partial charge in [0.15, 0.2) is 11.5 Å². The zero-order valence-electron chi connectivity index (χ0n) is 16.3. The van der Waals surface area contributed by atoms with Crippen LogP contribution in [0.2, 0.25) is 0 Å². The Bertz CT molecular complexity index is 826. The summed E-state index contributed by atoms with van der Waals surface area (Å²) in [5.74, 6) is 0.575. The molecule has 0 unspecified atom stereocenters. The van der Waals surface area contributed by atoms with Gasteiger partial charge in [0.05, 0.1) is 19.8 Å². The number of benzene rings is 2. The summed E-state index contributed by atoms with van der Waals surface area (Å²) in [5.41, 5.74) is 1.41. The average molecular weight is 449 g/mol. The van der Waals surface area contributed by atoms with Gasteiger partial charge in [0.1, 0.15) is 0 Å². The fourth-order valence-electron chi connectivity index (χ4n) is 2.56. The molecule has 0 spiro atoms. The first-order valence-electron chi connectivity index (χ1n) is 9.11. The van der Waals surface area contributed by atoms with Crippen molar-refractivity contribution < 1.29 is 19.1 Å². The van der Waals surface area contributed by atoms with E-state index in [0.29, 0.717) is 36.8 Å². The Hall–Kier alpha value is -2.54. The molecule has 0 saturated carbocycles. The first-order valence-corrected chi connectivity index (χ1v) is 9.90. The highest BCUT2D eigenvalue weighted by Crippen LogP contribution is 2.28. The van der Waals surface area contributed by atoms with Crippen LogP contribution in [0.25, 0.3) is 0 Å². The number of carbonyl (C=O) groups is 2. The molecule has 28 heavy (non-hydrogen) atoms. The molecule has 2 aromatic rings. The molecule has 2 rings (SSSR count). The van der Waals surface area contributed by atoms with E-state index in [-0.39, 0.29) is 18.4 Å². The molecule has 0 atom stereocenters. The van der Waals surface area contributed by atoms with Gasteiger partial charge in [-0.05, 0) is 43.7 Å². The maximum Gasteiger partial charge on any atom is 0.251 e. The number of hydrogen-bond acceptors (Lipinski definition) is 4. The molecule has 6 nitrogen and oxygen atoms in total. The predicted octanol–water partition coefficient (Wildman–Crippen LogP) is 3.63.